The molecule has 3 heteroatoms. The fourth-order valence-electron chi connectivity index (χ4n) is 1.58. The molecule has 0 radical (unpaired) electrons. The molecule has 0 amide bonds. The third kappa shape index (κ3) is 1.79. The molecule has 0 bridgehead atoms. The highest BCUT2D eigenvalue weighted by Crippen LogP contribution is 2.31. The molecule has 2 nitrogen and oxygen atoms in total. The third-order valence-electron chi connectivity index (χ3n) is 2.29. The maximum Gasteiger partial charge on any atom is 0.125 e. The maximum atomic E-state index is 5.97. The summed E-state index contributed by atoms with van der Waals surface area (Å²) in [7, 11) is 0. The monoisotopic (exact) mass is 197 g/mol. The smallest absolute Gasteiger partial charge is 0.125 e. The molecule has 0 saturated heterocycles. The van der Waals surface area contributed by atoms with Gasteiger partial charge in [-0.25, -0.2) is 0 Å². The minimum atomic E-state index is 0.0924. The number of fused-ring (bicyclic) bond motifs is 1. The van der Waals surface area contributed by atoms with Crippen LogP contribution < -0.4 is 10.5 Å². The van der Waals surface area contributed by atoms with E-state index in [9.17, 15) is 0 Å². The summed E-state index contributed by atoms with van der Waals surface area (Å²) in [5, 5.41) is 0.702. The van der Waals surface area contributed by atoms with Crippen molar-refractivity contribution >= 4 is 11.6 Å². The normalized spacial score (nSPS) is 21.5. The molecule has 1 atom stereocenters. The number of nitrogens with two attached hydrogens (primary N) is 1. The minimum absolute atomic E-state index is 0.0924. The number of halogens is 1. The van der Waals surface area contributed by atoms with Crippen LogP contribution in [0.25, 0.3) is 0 Å². The number of benzene rings is 1. The fourth-order valence-corrected chi connectivity index (χ4v) is 1.74. The third-order valence-corrected chi connectivity index (χ3v) is 2.53. The zero-order valence-corrected chi connectivity index (χ0v) is 8.05. The predicted octanol–water partition coefficient (Wildman–Crippen LogP) is 2.51. The van der Waals surface area contributed by atoms with Gasteiger partial charge in [-0.3, -0.25) is 0 Å². The number of hydrogen-bond donors (Lipinski definition) is 1. The molecule has 13 heavy (non-hydrogen) atoms. The molecule has 0 aliphatic carbocycles. The summed E-state index contributed by atoms with van der Waals surface area (Å²) in [6.45, 7) is 0.737. The van der Waals surface area contributed by atoms with E-state index in [0.717, 1.165) is 30.8 Å². The van der Waals surface area contributed by atoms with Crippen molar-refractivity contribution in [2.45, 2.75) is 18.9 Å². The van der Waals surface area contributed by atoms with Gasteiger partial charge in [-0.15, -0.1) is 0 Å². The Morgan fingerprint density at radius 3 is 3.15 bits per heavy atom. The summed E-state index contributed by atoms with van der Waals surface area (Å²) in [6, 6.07) is 5.74. The van der Waals surface area contributed by atoms with Crippen molar-refractivity contribution in [3.05, 3.63) is 28.8 Å². The van der Waals surface area contributed by atoms with Crippen molar-refractivity contribution in [1.82, 2.24) is 0 Å². The molecule has 2 N–H and O–H groups in total. The van der Waals surface area contributed by atoms with E-state index in [0.29, 0.717) is 5.02 Å². The summed E-state index contributed by atoms with van der Waals surface area (Å²) in [5.41, 5.74) is 7.04. The zero-order chi connectivity index (χ0) is 9.26. The van der Waals surface area contributed by atoms with Gasteiger partial charge >= 0.3 is 0 Å². The van der Waals surface area contributed by atoms with E-state index in [4.69, 9.17) is 22.1 Å². The molecule has 1 heterocycles. The first kappa shape index (κ1) is 8.85. The number of rotatable bonds is 0. The Kier molecular flexibility index (Phi) is 2.42. The standard InChI is InChI=1S/C10H12ClNO/c11-7-3-4-8-9(12)2-1-5-13-10(8)6-7/h3-4,6,9H,1-2,5,12H2. The molecule has 0 saturated carbocycles. The Morgan fingerprint density at radius 2 is 2.31 bits per heavy atom. The van der Waals surface area contributed by atoms with Crippen LogP contribution in [0.4, 0.5) is 0 Å². The van der Waals surface area contributed by atoms with Crippen LogP contribution in [0.1, 0.15) is 24.4 Å². The van der Waals surface area contributed by atoms with E-state index in [2.05, 4.69) is 0 Å². The van der Waals surface area contributed by atoms with Crippen molar-refractivity contribution in [2.24, 2.45) is 5.73 Å². The van der Waals surface area contributed by atoms with Crippen LogP contribution in [0.2, 0.25) is 5.02 Å². The first-order valence-electron chi connectivity index (χ1n) is 4.45. The SMILES string of the molecule is NC1CCCOc2cc(Cl)ccc21. The van der Waals surface area contributed by atoms with Crippen LogP contribution in [0, 0.1) is 0 Å². The van der Waals surface area contributed by atoms with E-state index < -0.39 is 0 Å². The van der Waals surface area contributed by atoms with Crippen molar-refractivity contribution in [2.75, 3.05) is 6.61 Å². The van der Waals surface area contributed by atoms with Crippen LogP contribution in [-0.4, -0.2) is 6.61 Å². The predicted molar refractivity (Wildman–Crippen MR) is 53.1 cm³/mol. The van der Waals surface area contributed by atoms with Gasteiger partial charge in [-0.2, -0.15) is 0 Å². The van der Waals surface area contributed by atoms with E-state index in [1.165, 1.54) is 0 Å². The Bertz CT molecular complexity index is 314. The highest BCUT2D eigenvalue weighted by molar-refractivity contribution is 6.30. The molecule has 1 unspecified atom stereocenters. The maximum absolute atomic E-state index is 5.97. The Balaban J connectivity index is 2.42. The van der Waals surface area contributed by atoms with Gasteiger partial charge in [0.2, 0.25) is 0 Å². The van der Waals surface area contributed by atoms with Crippen LogP contribution in [0.15, 0.2) is 18.2 Å². The molecule has 1 aliphatic heterocycles. The Morgan fingerprint density at radius 1 is 1.46 bits per heavy atom. The highest BCUT2D eigenvalue weighted by Gasteiger charge is 2.15. The molecule has 0 aromatic heterocycles. The summed E-state index contributed by atoms with van der Waals surface area (Å²) in [4.78, 5) is 0. The molecule has 1 aromatic carbocycles. The van der Waals surface area contributed by atoms with Gasteiger partial charge in [-0.05, 0) is 25.0 Å². The molecule has 1 aromatic rings. The van der Waals surface area contributed by atoms with Crippen molar-refractivity contribution in [3.63, 3.8) is 0 Å². The van der Waals surface area contributed by atoms with Crippen molar-refractivity contribution in [3.8, 4) is 5.75 Å². The highest BCUT2D eigenvalue weighted by atomic mass is 35.5. The van der Waals surface area contributed by atoms with Gasteiger partial charge in [0.15, 0.2) is 0 Å². The average Bonchev–Trinajstić information content (AvgIpc) is 2.28. The molecule has 1 aliphatic rings. The molecular formula is C10H12ClNO. The summed E-state index contributed by atoms with van der Waals surface area (Å²) >= 11 is 5.86. The van der Waals surface area contributed by atoms with Gasteiger partial charge in [0, 0.05) is 16.6 Å². The molecular weight excluding hydrogens is 186 g/mol. The van der Waals surface area contributed by atoms with Crippen molar-refractivity contribution in [1.29, 1.82) is 0 Å². The lowest BCUT2D eigenvalue weighted by Crippen LogP contribution is -2.08. The largest absolute Gasteiger partial charge is 0.493 e. The molecule has 0 fully saturated rings. The lowest BCUT2D eigenvalue weighted by Gasteiger charge is -2.11. The van der Waals surface area contributed by atoms with Gasteiger partial charge < -0.3 is 10.5 Å². The van der Waals surface area contributed by atoms with Gasteiger partial charge in [0.1, 0.15) is 5.75 Å². The van der Waals surface area contributed by atoms with Crippen LogP contribution in [0.5, 0.6) is 5.75 Å². The van der Waals surface area contributed by atoms with Crippen LogP contribution >= 0.6 is 11.6 Å². The topological polar surface area (TPSA) is 35.2 Å². The Hall–Kier alpha value is -0.730. The minimum Gasteiger partial charge on any atom is -0.493 e. The average molecular weight is 198 g/mol. The quantitative estimate of drug-likeness (QED) is 0.694. The van der Waals surface area contributed by atoms with Crippen LogP contribution in [0.3, 0.4) is 0 Å². The van der Waals surface area contributed by atoms with E-state index in [-0.39, 0.29) is 6.04 Å². The number of ether oxygens (including phenoxy) is 1. The lowest BCUT2D eigenvalue weighted by molar-refractivity contribution is 0.316. The lowest BCUT2D eigenvalue weighted by atomic mass is 10.0. The molecule has 0 spiro atoms. The Labute approximate surface area is 82.6 Å². The van der Waals surface area contributed by atoms with Crippen LogP contribution in [-0.2, 0) is 0 Å². The van der Waals surface area contributed by atoms with Gasteiger partial charge in [0.05, 0.1) is 6.61 Å². The second-order valence-corrected chi connectivity index (χ2v) is 3.72. The first-order chi connectivity index (χ1) is 6.27. The second kappa shape index (κ2) is 3.56. The van der Waals surface area contributed by atoms with E-state index >= 15 is 0 Å². The van der Waals surface area contributed by atoms with Crippen molar-refractivity contribution < 1.29 is 4.74 Å². The van der Waals surface area contributed by atoms with Gasteiger partial charge in [-0.1, -0.05) is 17.7 Å². The first-order valence-corrected chi connectivity index (χ1v) is 4.83. The zero-order valence-electron chi connectivity index (χ0n) is 7.29. The molecule has 70 valence electrons. The summed E-state index contributed by atoms with van der Waals surface area (Å²) < 4.78 is 5.54. The fraction of sp³-hybridized carbons (Fsp3) is 0.400. The summed E-state index contributed by atoms with van der Waals surface area (Å²) in [6.07, 6.45) is 1.99. The van der Waals surface area contributed by atoms with E-state index in [1.54, 1.807) is 0 Å². The van der Waals surface area contributed by atoms with Gasteiger partial charge in [0.25, 0.3) is 0 Å². The summed E-state index contributed by atoms with van der Waals surface area (Å²) in [5.74, 6) is 0.845. The van der Waals surface area contributed by atoms with E-state index in [1.807, 2.05) is 18.2 Å². The number of hydrogen-bond acceptors (Lipinski definition) is 2. The second-order valence-electron chi connectivity index (χ2n) is 3.28. The molecule has 2 rings (SSSR count).